The van der Waals surface area contributed by atoms with Crippen molar-refractivity contribution in [3.8, 4) is 0 Å². The summed E-state index contributed by atoms with van der Waals surface area (Å²) in [5, 5.41) is 3.76. The molecule has 1 aliphatic carbocycles. The summed E-state index contributed by atoms with van der Waals surface area (Å²) in [6, 6.07) is 0.697. The topological polar surface area (TPSA) is 21.3 Å². The van der Waals surface area contributed by atoms with Crippen LogP contribution in [-0.2, 0) is 4.74 Å². The third kappa shape index (κ3) is 6.13. The van der Waals surface area contributed by atoms with E-state index in [1.165, 1.54) is 51.4 Å². The number of rotatable bonds is 10. The number of hydrogen-bond acceptors (Lipinski definition) is 2. The number of hydrogen-bond donors (Lipinski definition) is 1. The molecule has 20 heavy (non-hydrogen) atoms. The summed E-state index contributed by atoms with van der Waals surface area (Å²) >= 11 is 0. The Bertz CT molecular complexity index is 223. The summed E-state index contributed by atoms with van der Waals surface area (Å²) in [6.07, 6.45) is 11.2. The average molecular weight is 284 g/mol. The van der Waals surface area contributed by atoms with E-state index in [0.717, 1.165) is 30.9 Å². The molecule has 1 fully saturated rings. The highest BCUT2D eigenvalue weighted by Crippen LogP contribution is 2.35. The van der Waals surface area contributed by atoms with Gasteiger partial charge in [0.15, 0.2) is 0 Å². The van der Waals surface area contributed by atoms with E-state index in [2.05, 4.69) is 26.1 Å². The zero-order valence-electron chi connectivity index (χ0n) is 14.3. The lowest BCUT2D eigenvalue weighted by Gasteiger charge is -2.37. The number of ether oxygens (including phenoxy) is 1. The SMILES string of the molecule is CCCCC1CCC(C(NCC)C(C)CCOC)CC1. The zero-order chi connectivity index (χ0) is 14.8. The molecule has 120 valence electrons. The Morgan fingerprint density at radius 1 is 1.15 bits per heavy atom. The fourth-order valence-corrected chi connectivity index (χ4v) is 3.88. The number of unbranched alkanes of at least 4 members (excludes halogenated alkanes) is 1. The summed E-state index contributed by atoms with van der Waals surface area (Å²) < 4.78 is 5.26. The molecule has 2 heteroatoms. The molecule has 2 nitrogen and oxygen atoms in total. The molecule has 0 spiro atoms. The van der Waals surface area contributed by atoms with Crippen molar-refractivity contribution < 1.29 is 4.74 Å². The van der Waals surface area contributed by atoms with Crippen LogP contribution in [-0.4, -0.2) is 26.3 Å². The van der Waals surface area contributed by atoms with Crippen LogP contribution in [0.25, 0.3) is 0 Å². The van der Waals surface area contributed by atoms with Crippen molar-refractivity contribution in [2.75, 3.05) is 20.3 Å². The second-order valence-electron chi connectivity index (χ2n) is 6.77. The van der Waals surface area contributed by atoms with E-state index in [4.69, 9.17) is 4.74 Å². The first kappa shape index (κ1) is 18.0. The maximum atomic E-state index is 5.26. The molecule has 1 N–H and O–H groups in total. The average Bonchev–Trinajstić information content (AvgIpc) is 2.49. The van der Waals surface area contributed by atoms with Gasteiger partial charge in [-0.25, -0.2) is 0 Å². The molecule has 2 unspecified atom stereocenters. The van der Waals surface area contributed by atoms with Gasteiger partial charge in [-0.1, -0.05) is 52.9 Å². The molecule has 0 bridgehead atoms. The smallest absolute Gasteiger partial charge is 0.0465 e. The third-order valence-electron chi connectivity index (χ3n) is 5.20. The molecule has 1 saturated carbocycles. The normalized spacial score (nSPS) is 26.4. The van der Waals surface area contributed by atoms with Crippen LogP contribution in [0.2, 0.25) is 0 Å². The monoisotopic (exact) mass is 283 g/mol. The molecule has 0 aromatic heterocycles. The van der Waals surface area contributed by atoms with E-state index >= 15 is 0 Å². The molecule has 0 amide bonds. The van der Waals surface area contributed by atoms with Crippen LogP contribution in [0.5, 0.6) is 0 Å². The van der Waals surface area contributed by atoms with Crippen LogP contribution in [0.15, 0.2) is 0 Å². The van der Waals surface area contributed by atoms with E-state index in [9.17, 15) is 0 Å². The minimum absolute atomic E-state index is 0.697. The fraction of sp³-hybridized carbons (Fsp3) is 1.00. The first-order chi connectivity index (χ1) is 9.72. The van der Waals surface area contributed by atoms with Gasteiger partial charge >= 0.3 is 0 Å². The van der Waals surface area contributed by atoms with Gasteiger partial charge in [-0.05, 0) is 43.6 Å². The van der Waals surface area contributed by atoms with E-state index in [1.54, 1.807) is 0 Å². The van der Waals surface area contributed by atoms with Crippen molar-refractivity contribution in [2.45, 2.75) is 78.2 Å². The summed E-state index contributed by atoms with van der Waals surface area (Å²) in [5.74, 6) is 2.63. The standard InChI is InChI=1S/C18H37NO/c1-5-7-8-16-9-11-17(12-10-16)18(19-6-2)15(3)13-14-20-4/h15-19H,5-14H2,1-4H3. The predicted molar refractivity (Wildman–Crippen MR) is 88.1 cm³/mol. The van der Waals surface area contributed by atoms with Gasteiger partial charge in [0.1, 0.15) is 0 Å². The second-order valence-corrected chi connectivity index (χ2v) is 6.77. The van der Waals surface area contributed by atoms with E-state index in [-0.39, 0.29) is 0 Å². The Labute approximate surface area is 127 Å². The minimum atomic E-state index is 0.697. The van der Waals surface area contributed by atoms with Crippen LogP contribution < -0.4 is 5.32 Å². The van der Waals surface area contributed by atoms with E-state index in [1.807, 2.05) is 7.11 Å². The van der Waals surface area contributed by atoms with Crippen molar-refractivity contribution >= 4 is 0 Å². The van der Waals surface area contributed by atoms with Gasteiger partial charge in [0.05, 0.1) is 0 Å². The first-order valence-corrected chi connectivity index (χ1v) is 8.95. The first-order valence-electron chi connectivity index (χ1n) is 8.95. The molecule has 0 aromatic rings. The van der Waals surface area contributed by atoms with Crippen molar-refractivity contribution in [1.82, 2.24) is 5.32 Å². The van der Waals surface area contributed by atoms with Gasteiger partial charge in [-0.2, -0.15) is 0 Å². The Balaban J connectivity index is 2.40. The molecule has 0 aromatic carbocycles. The maximum Gasteiger partial charge on any atom is 0.0465 e. The largest absolute Gasteiger partial charge is 0.385 e. The predicted octanol–water partition coefficient (Wildman–Crippen LogP) is 4.63. The highest BCUT2D eigenvalue weighted by molar-refractivity contribution is 4.85. The quantitative estimate of drug-likeness (QED) is 0.631. The van der Waals surface area contributed by atoms with Gasteiger partial charge in [-0.3, -0.25) is 0 Å². The van der Waals surface area contributed by atoms with Crippen LogP contribution in [0.1, 0.15) is 72.1 Å². The number of methoxy groups -OCH3 is 1. The minimum Gasteiger partial charge on any atom is -0.385 e. The highest BCUT2D eigenvalue weighted by atomic mass is 16.5. The number of nitrogens with one attached hydrogen (secondary N) is 1. The van der Waals surface area contributed by atoms with Gasteiger partial charge in [-0.15, -0.1) is 0 Å². The van der Waals surface area contributed by atoms with Gasteiger partial charge in [0.25, 0.3) is 0 Å². The van der Waals surface area contributed by atoms with E-state index < -0.39 is 0 Å². The zero-order valence-corrected chi connectivity index (χ0v) is 14.3. The Morgan fingerprint density at radius 3 is 2.40 bits per heavy atom. The fourth-order valence-electron chi connectivity index (χ4n) is 3.88. The van der Waals surface area contributed by atoms with Crippen molar-refractivity contribution in [3.05, 3.63) is 0 Å². The van der Waals surface area contributed by atoms with Crippen LogP contribution >= 0.6 is 0 Å². The molecule has 1 aliphatic rings. The van der Waals surface area contributed by atoms with Gasteiger partial charge < -0.3 is 10.1 Å². The van der Waals surface area contributed by atoms with Crippen molar-refractivity contribution in [1.29, 1.82) is 0 Å². The summed E-state index contributed by atoms with van der Waals surface area (Å²) in [7, 11) is 1.81. The second kappa shape index (κ2) is 10.6. The lowest BCUT2D eigenvalue weighted by atomic mass is 9.73. The molecule has 0 saturated heterocycles. The summed E-state index contributed by atoms with van der Waals surface area (Å²) in [4.78, 5) is 0. The molecule has 0 aliphatic heterocycles. The lowest BCUT2D eigenvalue weighted by molar-refractivity contribution is 0.138. The molecule has 1 rings (SSSR count). The van der Waals surface area contributed by atoms with Crippen molar-refractivity contribution in [2.24, 2.45) is 17.8 Å². The molecule has 0 radical (unpaired) electrons. The Morgan fingerprint density at radius 2 is 1.85 bits per heavy atom. The Kier molecular flexibility index (Phi) is 9.54. The van der Waals surface area contributed by atoms with Crippen LogP contribution in [0, 0.1) is 17.8 Å². The van der Waals surface area contributed by atoms with Crippen LogP contribution in [0.4, 0.5) is 0 Å². The maximum absolute atomic E-state index is 5.26. The third-order valence-corrected chi connectivity index (χ3v) is 5.20. The summed E-state index contributed by atoms with van der Waals surface area (Å²) in [5.41, 5.74) is 0. The van der Waals surface area contributed by atoms with Crippen molar-refractivity contribution in [3.63, 3.8) is 0 Å². The summed E-state index contributed by atoms with van der Waals surface area (Å²) in [6.45, 7) is 8.94. The molecular weight excluding hydrogens is 246 g/mol. The Hall–Kier alpha value is -0.0800. The molecule has 2 atom stereocenters. The van der Waals surface area contributed by atoms with E-state index in [0.29, 0.717) is 6.04 Å². The van der Waals surface area contributed by atoms with Gasteiger partial charge in [0, 0.05) is 19.8 Å². The lowest BCUT2D eigenvalue weighted by Crippen LogP contribution is -2.43. The van der Waals surface area contributed by atoms with Gasteiger partial charge in [0.2, 0.25) is 0 Å². The van der Waals surface area contributed by atoms with Crippen LogP contribution in [0.3, 0.4) is 0 Å². The molecule has 0 heterocycles. The molecular formula is C18H37NO. The highest BCUT2D eigenvalue weighted by Gasteiger charge is 2.29.